The second-order valence-electron chi connectivity index (χ2n) is 6.55. The molecule has 1 aromatic rings. The number of hydrogen-bond donors (Lipinski definition) is 0. The van der Waals surface area contributed by atoms with Gasteiger partial charge in [0.25, 0.3) is 0 Å². The lowest BCUT2D eigenvalue weighted by atomic mass is 10.0. The van der Waals surface area contributed by atoms with Gasteiger partial charge in [0.2, 0.25) is 11.8 Å². The standard InChI is InChI=1S/C17H27N3O3/c1-12-16(17(22-3)19(2)18-12)14-7-4-10-20(14)15(21)9-8-13-6-5-11-23-13/h13-14H,4-11H2,1-3H3/t13-,14+/m0/s1. The van der Waals surface area contributed by atoms with Gasteiger partial charge in [-0.1, -0.05) is 0 Å². The fraction of sp³-hybridized carbons (Fsp3) is 0.765. The van der Waals surface area contributed by atoms with Crippen LogP contribution in [-0.4, -0.2) is 47.0 Å². The van der Waals surface area contributed by atoms with Gasteiger partial charge in [-0.3, -0.25) is 4.79 Å². The SMILES string of the molecule is COc1c([C@H]2CCCN2C(=O)CC[C@@H]2CCCO2)c(C)nn1C. The van der Waals surface area contributed by atoms with Crippen molar-refractivity contribution in [2.75, 3.05) is 20.3 Å². The molecule has 2 aliphatic heterocycles. The maximum absolute atomic E-state index is 12.7. The Bertz CT molecular complexity index is 564. The predicted octanol–water partition coefficient (Wildman–Crippen LogP) is 2.36. The van der Waals surface area contributed by atoms with Crippen LogP contribution in [0.15, 0.2) is 0 Å². The molecular weight excluding hydrogens is 294 g/mol. The van der Waals surface area contributed by atoms with Gasteiger partial charge in [0.15, 0.2) is 0 Å². The Morgan fingerprint density at radius 2 is 2.22 bits per heavy atom. The molecule has 0 spiro atoms. The van der Waals surface area contributed by atoms with Crippen molar-refractivity contribution in [3.8, 4) is 5.88 Å². The van der Waals surface area contributed by atoms with E-state index in [1.54, 1.807) is 11.8 Å². The number of likely N-dealkylation sites (tertiary alicyclic amines) is 1. The molecule has 3 rings (SSSR count). The summed E-state index contributed by atoms with van der Waals surface area (Å²) in [5.74, 6) is 1.000. The van der Waals surface area contributed by atoms with Crippen LogP contribution in [0.25, 0.3) is 0 Å². The summed E-state index contributed by atoms with van der Waals surface area (Å²) >= 11 is 0. The largest absolute Gasteiger partial charge is 0.481 e. The molecule has 0 N–H and O–H groups in total. The maximum Gasteiger partial charge on any atom is 0.223 e. The zero-order chi connectivity index (χ0) is 16.4. The van der Waals surface area contributed by atoms with Crippen LogP contribution < -0.4 is 4.74 Å². The van der Waals surface area contributed by atoms with Crippen molar-refractivity contribution >= 4 is 5.91 Å². The zero-order valence-corrected chi connectivity index (χ0v) is 14.4. The van der Waals surface area contributed by atoms with Crippen molar-refractivity contribution in [1.29, 1.82) is 0 Å². The molecule has 3 heterocycles. The molecule has 0 aromatic carbocycles. The minimum atomic E-state index is 0.0932. The number of amides is 1. The lowest BCUT2D eigenvalue weighted by Crippen LogP contribution is -2.31. The van der Waals surface area contributed by atoms with Crippen molar-refractivity contribution < 1.29 is 14.3 Å². The smallest absolute Gasteiger partial charge is 0.223 e. The highest BCUT2D eigenvalue weighted by Gasteiger charge is 2.35. The molecule has 0 aliphatic carbocycles. The van der Waals surface area contributed by atoms with E-state index in [9.17, 15) is 4.79 Å². The first kappa shape index (κ1) is 16.3. The Morgan fingerprint density at radius 1 is 1.39 bits per heavy atom. The van der Waals surface area contributed by atoms with E-state index in [4.69, 9.17) is 9.47 Å². The highest BCUT2D eigenvalue weighted by molar-refractivity contribution is 5.77. The van der Waals surface area contributed by atoms with E-state index < -0.39 is 0 Å². The Labute approximate surface area is 137 Å². The number of nitrogens with zero attached hydrogens (tertiary/aromatic N) is 3. The van der Waals surface area contributed by atoms with Crippen molar-refractivity contribution in [1.82, 2.24) is 14.7 Å². The molecule has 2 fully saturated rings. The summed E-state index contributed by atoms with van der Waals surface area (Å²) in [5.41, 5.74) is 2.02. The highest BCUT2D eigenvalue weighted by atomic mass is 16.5. The van der Waals surface area contributed by atoms with Crippen LogP contribution >= 0.6 is 0 Å². The van der Waals surface area contributed by atoms with Gasteiger partial charge in [-0.05, 0) is 39.0 Å². The normalized spacial score (nSPS) is 24.4. The summed E-state index contributed by atoms with van der Waals surface area (Å²) in [6.45, 7) is 3.66. The maximum atomic E-state index is 12.7. The van der Waals surface area contributed by atoms with E-state index in [0.29, 0.717) is 6.42 Å². The summed E-state index contributed by atoms with van der Waals surface area (Å²) < 4.78 is 12.9. The van der Waals surface area contributed by atoms with Crippen LogP contribution in [0.5, 0.6) is 5.88 Å². The van der Waals surface area contributed by atoms with Crippen LogP contribution in [-0.2, 0) is 16.6 Å². The third-order valence-corrected chi connectivity index (χ3v) is 5.02. The van der Waals surface area contributed by atoms with Gasteiger partial charge in [-0.2, -0.15) is 5.10 Å². The number of aryl methyl sites for hydroxylation is 2. The molecular formula is C17H27N3O3. The number of ether oxygens (including phenoxy) is 2. The van der Waals surface area contributed by atoms with Crippen LogP contribution in [0.1, 0.15) is 55.8 Å². The fourth-order valence-corrected chi connectivity index (χ4v) is 3.94. The van der Waals surface area contributed by atoms with E-state index in [2.05, 4.69) is 5.10 Å². The zero-order valence-electron chi connectivity index (χ0n) is 14.4. The van der Waals surface area contributed by atoms with Gasteiger partial charge in [0.1, 0.15) is 0 Å². The number of hydrogen-bond acceptors (Lipinski definition) is 4. The molecule has 0 radical (unpaired) electrons. The average Bonchev–Trinajstić information content (AvgIpc) is 3.24. The van der Waals surface area contributed by atoms with E-state index in [-0.39, 0.29) is 18.1 Å². The highest BCUT2D eigenvalue weighted by Crippen LogP contribution is 2.39. The topological polar surface area (TPSA) is 56.6 Å². The summed E-state index contributed by atoms with van der Waals surface area (Å²) in [6.07, 6.45) is 5.91. The van der Waals surface area contributed by atoms with Crippen LogP contribution in [0, 0.1) is 6.92 Å². The monoisotopic (exact) mass is 321 g/mol. The van der Waals surface area contributed by atoms with Gasteiger partial charge in [-0.25, -0.2) is 4.68 Å². The molecule has 0 saturated carbocycles. The first-order valence-corrected chi connectivity index (χ1v) is 8.60. The van der Waals surface area contributed by atoms with Crippen LogP contribution in [0.2, 0.25) is 0 Å². The van der Waals surface area contributed by atoms with E-state index in [0.717, 1.165) is 62.4 Å². The molecule has 6 heteroatoms. The molecule has 2 atom stereocenters. The Kier molecular flexibility index (Phi) is 4.90. The predicted molar refractivity (Wildman–Crippen MR) is 86.4 cm³/mol. The average molecular weight is 321 g/mol. The lowest BCUT2D eigenvalue weighted by Gasteiger charge is -2.26. The molecule has 1 amide bonds. The van der Waals surface area contributed by atoms with E-state index in [1.165, 1.54) is 0 Å². The molecule has 6 nitrogen and oxygen atoms in total. The van der Waals surface area contributed by atoms with Crippen molar-refractivity contribution in [2.45, 2.75) is 57.6 Å². The first-order chi connectivity index (χ1) is 11.1. The molecule has 23 heavy (non-hydrogen) atoms. The lowest BCUT2D eigenvalue weighted by molar-refractivity contribution is -0.132. The molecule has 2 aliphatic rings. The Morgan fingerprint density at radius 3 is 2.91 bits per heavy atom. The number of carbonyl (C=O) groups is 1. The Hall–Kier alpha value is -1.56. The third kappa shape index (κ3) is 3.22. The molecule has 0 unspecified atom stereocenters. The van der Waals surface area contributed by atoms with Crippen LogP contribution in [0.3, 0.4) is 0 Å². The summed E-state index contributed by atoms with van der Waals surface area (Å²) in [5, 5.41) is 4.46. The van der Waals surface area contributed by atoms with Crippen LogP contribution in [0.4, 0.5) is 0 Å². The van der Waals surface area contributed by atoms with Gasteiger partial charge in [-0.15, -0.1) is 0 Å². The molecule has 1 aromatic heterocycles. The third-order valence-electron chi connectivity index (χ3n) is 5.02. The first-order valence-electron chi connectivity index (χ1n) is 8.60. The van der Waals surface area contributed by atoms with Gasteiger partial charge in [0, 0.05) is 26.6 Å². The van der Waals surface area contributed by atoms with Crippen molar-refractivity contribution in [2.24, 2.45) is 7.05 Å². The van der Waals surface area contributed by atoms with E-state index >= 15 is 0 Å². The fourth-order valence-electron chi connectivity index (χ4n) is 3.94. The minimum Gasteiger partial charge on any atom is -0.481 e. The Balaban J connectivity index is 1.71. The van der Waals surface area contributed by atoms with E-state index in [1.807, 2.05) is 18.9 Å². The van der Waals surface area contributed by atoms with Gasteiger partial charge < -0.3 is 14.4 Å². The molecule has 2 saturated heterocycles. The summed E-state index contributed by atoms with van der Waals surface area (Å²) in [4.78, 5) is 14.7. The summed E-state index contributed by atoms with van der Waals surface area (Å²) in [6, 6.07) is 0.0932. The van der Waals surface area contributed by atoms with Crippen molar-refractivity contribution in [3.63, 3.8) is 0 Å². The summed E-state index contributed by atoms with van der Waals surface area (Å²) in [7, 11) is 3.55. The second kappa shape index (κ2) is 6.91. The number of methoxy groups -OCH3 is 1. The number of carbonyl (C=O) groups excluding carboxylic acids is 1. The second-order valence-corrected chi connectivity index (χ2v) is 6.55. The number of aromatic nitrogens is 2. The number of rotatable bonds is 5. The quantitative estimate of drug-likeness (QED) is 0.835. The van der Waals surface area contributed by atoms with Gasteiger partial charge >= 0.3 is 0 Å². The minimum absolute atomic E-state index is 0.0932. The molecule has 128 valence electrons. The van der Waals surface area contributed by atoms with Gasteiger partial charge in [0.05, 0.1) is 30.5 Å². The molecule has 0 bridgehead atoms. The van der Waals surface area contributed by atoms with Crippen molar-refractivity contribution in [3.05, 3.63) is 11.3 Å².